The molecule has 0 aliphatic carbocycles. The Labute approximate surface area is 206 Å². The van der Waals surface area contributed by atoms with Crippen molar-refractivity contribution in [3.05, 3.63) is 52.7 Å². The summed E-state index contributed by atoms with van der Waals surface area (Å²) in [6.07, 6.45) is 2.92. The maximum atomic E-state index is 12.5. The topological polar surface area (TPSA) is 60.0 Å². The summed E-state index contributed by atoms with van der Waals surface area (Å²) in [6, 6.07) is 14.8. The number of rotatable bonds is 5. The van der Waals surface area contributed by atoms with E-state index in [2.05, 4.69) is 45.1 Å². The van der Waals surface area contributed by atoms with Crippen LogP contribution in [0.4, 0.5) is 5.69 Å². The third-order valence-electron chi connectivity index (χ3n) is 6.13. The number of carbonyl (C=O) groups is 1. The number of likely N-dealkylation sites (tertiary alicyclic amines) is 1. The number of amides is 1. The van der Waals surface area contributed by atoms with Crippen molar-refractivity contribution >= 4 is 52.9 Å². The van der Waals surface area contributed by atoms with Crippen molar-refractivity contribution < 1.29 is 4.79 Å². The summed E-state index contributed by atoms with van der Waals surface area (Å²) in [6.45, 7) is 2.68. The predicted molar refractivity (Wildman–Crippen MR) is 140 cm³/mol. The second-order valence-corrected chi connectivity index (χ2v) is 9.16. The van der Waals surface area contributed by atoms with E-state index in [1.165, 1.54) is 17.7 Å². The molecule has 6 nitrogen and oxygen atoms in total. The Morgan fingerprint density at radius 2 is 2.03 bits per heavy atom. The van der Waals surface area contributed by atoms with Crippen LogP contribution in [0.25, 0.3) is 0 Å². The van der Waals surface area contributed by atoms with Crippen LogP contribution in [0.15, 0.2) is 52.8 Å². The van der Waals surface area contributed by atoms with Crippen LogP contribution in [-0.4, -0.2) is 56.5 Å². The molecule has 2 aliphatic heterocycles. The van der Waals surface area contributed by atoms with E-state index in [4.69, 9.17) is 0 Å². The zero-order valence-corrected chi connectivity index (χ0v) is 21.3. The van der Waals surface area contributed by atoms with Crippen LogP contribution in [0.2, 0.25) is 0 Å². The Hall–Kier alpha value is -1.65. The molecule has 0 bridgehead atoms. The van der Waals surface area contributed by atoms with E-state index in [0.29, 0.717) is 24.9 Å². The molecule has 3 heterocycles. The van der Waals surface area contributed by atoms with Crippen LogP contribution in [0, 0.1) is 5.92 Å². The first-order valence-corrected chi connectivity index (χ1v) is 11.6. The van der Waals surface area contributed by atoms with E-state index in [1.54, 1.807) is 7.05 Å². The third-order valence-corrected chi connectivity index (χ3v) is 7.07. The number of guanidine groups is 1. The van der Waals surface area contributed by atoms with E-state index < -0.39 is 0 Å². The van der Waals surface area contributed by atoms with Gasteiger partial charge in [-0.05, 0) is 55.9 Å². The Kier molecular flexibility index (Phi) is 8.74. The Morgan fingerprint density at radius 3 is 2.74 bits per heavy atom. The average Bonchev–Trinajstić information content (AvgIpc) is 3.41. The largest absolute Gasteiger partial charge is 0.356 e. The fourth-order valence-corrected chi connectivity index (χ4v) is 5.64. The van der Waals surface area contributed by atoms with Gasteiger partial charge < -0.3 is 15.5 Å². The molecule has 31 heavy (non-hydrogen) atoms. The molecule has 2 aliphatic rings. The predicted octanol–water partition coefficient (Wildman–Crippen LogP) is 3.72. The summed E-state index contributed by atoms with van der Waals surface area (Å²) in [5.41, 5.74) is 0.957. The van der Waals surface area contributed by atoms with Gasteiger partial charge in [-0.3, -0.25) is 14.7 Å². The van der Waals surface area contributed by atoms with Crippen LogP contribution < -0.4 is 15.5 Å². The Morgan fingerprint density at radius 1 is 1.23 bits per heavy atom. The summed E-state index contributed by atoms with van der Waals surface area (Å²) >= 11 is 1.84. The van der Waals surface area contributed by atoms with Gasteiger partial charge in [-0.1, -0.05) is 24.3 Å². The van der Waals surface area contributed by atoms with Crippen LogP contribution in [-0.2, 0) is 4.79 Å². The monoisotopic (exact) mass is 553 g/mol. The van der Waals surface area contributed by atoms with E-state index in [9.17, 15) is 4.79 Å². The zero-order chi connectivity index (χ0) is 20.9. The number of benzene rings is 1. The first kappa shape index (κ1) is 24.0. The molecular formula is C23H32IN5OS. The van der Waals surface area contributed by atoms with Crippen molar-refractivity contribution in [1.82, 2.24) is 15.5 Å². The smallest absolute Gasteiger partial charge is 0.229 e. The highest BCUT2D eigenvalue weighted by Gasteiger charge is 2.33. The zero-order valence-electron chi connectivity index (χ0n) is 18.2. The highest BCUT2D eigenvalue weighted by molar-refractivity contribution is 14.0. The number of carbonyl (C=O) groups excluding carboxylic acids is 1. The average molecular weight is 554 g/mol. The van der Waals surface area contributed by atoms with Crippen molar-refractivity contribution in [2.24, 2.45) is 10.9 Å². The van der Waals surface area contributed by atoms with Crippen molar-refractivity contribution in [3.63, 3.8) is 0 Å². The molecule has 1 aromatic heterocycles. The lowest BCUT2D eigenvalue weighted by Gasteiger charge is -2.39. The molecule has 1 amide bonds. The molecular weight excluding hydrogens is 521 g/mol. The van der Waals surface area contributed by atoms with Crippen molar-refractivity contribution in [3.8, 4) is 0 Å². The number of para-hydroxylation sites is 1. The van der Waals surface area contributed by atoms with E-state index in [1.807, 2.05) is 46.6 Å². The minimum Gasteiger partial charge on any atom is -0.356 e. The van der Waals surface area contributed by atoms with Gasteiger partial charge in [0.05, 0.1) is 6.04 Å². The lowest BCUT2D eigenvalue weighted by atomic mass is 9.88. The lowest BCUT2D eigenvalue weighted by Crippen LogP contribution is -2.48. The van der Waals surface area contributed by atoms with Gasteiger partial charge in [-0.25, -0.2) is 0 Å². The van der Waals surface area contributed by atoms with E-state index in [-0.39, 0.29) is 35.9 Å². The molecule has 0 spiro atoms. The lowest BCUT2D eigenvalue weighted by molar-refractivity contribution is -0.117. The molecule has 1 aromatic carbocycles. The number of halogens is 1. The first-order valence-electron chi connectivity index (χ1n) is 10.7. The maximum Gasteiger partial charge on any atom is 0.229 e. The number of aliphatic imine (C=N–C) groups is 1. The van der Waals surface area contributed by atoms with Gasteiger partial charge in [-0.15, -0.1) is 35.3 Å². The highest BCUT2D eigenvalue weighted by Crippen LogP contribution is 2.36. The molecule has 4 rings (SSSR count). The molecule has 2 saturated heterocycles. The molecule has 3 unspecified atom stereocenters. The number of piperidine rings is 1. The first-order chi connectivity index (χ1) is 14.7. The SMILES string of the molecule is CN=C(NCC1CCCN(C)C1c1cccs1)NC1CC(=O)N(c2ccccc2)C1.I. The number of hydrogen-bond acceptors (Lipinski definition) is 4. The van der Waals surface area contributed by atoms with Crippen LogP contribution in [0.5, 0.6) is 0 Å². The Balaban J connectivity index is 0.00000272. The summed E-state index contributed by atoms with van der Waals surface area (Å²) in [5.74, 6) is 1.47. The van der Waals surface area contributed by atoms with Gasteiger partial charge in [-0.2, -0.15) is 0 Å². The number of nitrogens with one attached hydrogen (secondary N) is 2. The minimum atomic E-state index is 0. The summed E-state index contributed by atoms with van der Waals surface area (Å²) in [4.78, 5) is 22.7. The molecule has 2 fully saturated rings. The molecule has 168 valence electrons. The summed E-state index contributed by atoms with van der Waals surface area (Å²) in [7, 11) is 4.02. The standard InChI is InChI=1S/C23H31N5OS.HI/c1-24-23(26-18-14-21(29)28(16-18)19-9-4-3-5-10-19)25-15-17-8-6-12-27(2)22(17)20-11-7-13-30-20;/h3-5,7,9-11,13,17-18,22H,6,8,12,14-16H2,1-2H3,(H2,24,25,26);1H. The highest BCUT2D eigenvalue weighted by atomic mass is 127. The number of thiophene rings is 1. The molecule has 0 saturated carbocycles. The molecule has 0 radical (unpaired) electrons. The van der Waals surface area contributed by atoms with Gasteiger partial charge in [0, 0.05) is 43.2 Å². The van der Waals surface area contributed by atoms with Crippen LogP contribution >= 0.6 is 35.3 Å². The fraction of sp³-hybridized carbons (Fsp3) is 0.478. The number of nitrogens with zero attached hydrogens (tertiary/aromatic N) is 3. The fourth-order valence-electron chi connectivity index (χ4n) is 4.66. The van der Waals surface area contributed by atoms with Crippen LogP contribution in [0.1, 0.15) is 30.2 Å². The quantitative estimate of drug-likeness (QED) is 0.337. The van der Waals surface area contributed by atoms with Gasteiger partial charge >= 0.3 is 0 Å². The number of anilines is 1. The molecule has 2 aromatic rings. The van der Waals surface area contributed by atoms with Crippen molar-refractivity contribution in [2.75, 3.05) is 38.6 Å². The van der Waals surface area contributed by atoms with Gasteiger partial charge in [0.25, 0.3) is 0 Å². The van der Waals surface area contributed by atoms with Gasteiger partial charge in [0.15, 0.2) is 5.96 Å². The Bertz CT molecular complexity index is 860. The third kappa shape index (κ3) is 5.78. The molecule has 3 atom stereocenters. The van der Waals surface area contributed by atoms with Crippen LogP contribution in [0.3, 0.4) is 0 Å². The second-order valence-electron chi connectivity index (χ2n) is 8.18. The van der Waals surface area contributed by atoms with E-state index in [0.717, 1.165) is 24.7 Å². The van der Waals surface area contributed by atoms with Gasteiger partial charge in [0.2, 0.25) is 5.91 Å². The normalized spacial score (nSPS) is 24.7. The number of hydrogen-bond donors (Lipinski definition) is 2. The minimum absolute atomic E-state index is 0. The van der Waals surface area contributed by atoms with Crippen molar-refractivity contribution in [1.29, 1.82) is 0 Å². The molecule has 2 N–H and O–H groups in total. The second kappa shape index (κ2) is 11.3. The van der Waals surface area contributed by atoms with E-state index >= 15 is 0 Å². The van der Waals surface area contributed by atoms with Crippen molar-refractivity contribution in [2.45, 2.75) is 31.3 Å². The summed E-state index contributed by atoms with van der Waals surface area (Å²) < 4.78 is 0. The van der Waals surface area contributed by atoms with Gasteiger partial charge in [0.1, 0.15) is 0 Å². The molecule has 8 heteroatoms. The maximum absolute atomic E-state index is 12.5. The summed E-state index contributed by atoms with van der Waals surface area (Å²) in [5, 5.41) is 9.16.